The van der Waals surface area contributed by atoms with Crippen LogP contribution in [0, 0.1) is 23.4 Å². The van der Waals surface area contributed by atoms with Crippen LogP contribution in [0.4, 0.5) is 13.2 Å². The number of benzene rings is 3. The molecule has 1 atom stereocenters. The molecule has 1 fully saturated rings. The van der Waals surface area contributed by atoms with Crippen molar-refractivity contribution in [3.05, 3.63) is 95.8 Å². The normalized spacial score (nSPS) is 17.6. The number of hydrogen-bond acceptors (Lipinski definition) is 4. The summed E-state index contributed by atoms with van der Waals surface area (Å²) in [4.78, 5) is 12.7. The van der Waals surface area contributed by atoms with Crippen molar-refractivity contribution >= 4 is 5.97 Å². The van der Waals surface area contributed by atoms with Crippen LogP contribution in [-0.2, 0) is 0 Å². The molecule has 3 aromatic carbocycles. The Balaban J connectivity index is 1.38. The van der Waals surface area contributed by atoms with E-state index in [-0.39, 0.29) is 29.1 Å². The van der Waals surface area contributed by atoms with Gasteiger partial charge in [-0.3, -0.25) is 0 Å². The molecule has 41 heavy (non-hydrogen) atoms. The fourth-order valence-corrected chi connectivity index (χ4v) is 5.47. The Kier molecular flexibility index (Phi) is 10.6. The zero-order chi connectivity index (χ0) is 29.4. The van der Waals surface area contributed by atoms with E-state index in [0.29, 0.717) is 36.3 Å². The third kappa shape index (κ3) is 7.59. The van der Waals surface area contributed by atoms with Gasteiger partial charge >= 0.3 is 5.97 Å². The molecule has 1 saturated carbocycles. The largest absolute Gasteiger partial charge is 0.493 e. The summed E-state index contributed by atoms with van der Waals surface area (Å²) >= 11 is 0. The average molecular weight is 567 g/mol. The van der Waals surface area contributed by atoms with E-state index in [2.05, 4.69) is 6.58 Å². The maximum Gasteiger partial charge on any atom is 0.343 e. The van der Waals surface area contributed by atoms with Crippen LogP contribution in [-0.4, -0.2) is 23.8 Å². The minimum absolute atomic E-state index is 0.115. The van der Waals surface area contributed by atoms with Crippen LogP contribution in [0.3, 0.4) is 0 Å². The Labute approximate surface area is 239 Å². The quantitative estimate of drug-likeness (QED) is 0.103. The monoisotopic (exact) mass is 566 g/mol. The Morgan fingerprint density at radius 3 is 2.41 bits per heavy atom. The second-order valence-electron chi connectivity index (χ2n) is 10.6. The van der Waals surface area contributed by atoms with Crippen LogP contribution in [0.5, 0.6) is 11.5 Å². The molecule has 0 amide bonds. The van der Waals surface area contributed by atoms with Crippen molar-refractivity contribution in [3.63, 3.8) is 0 Å². The molecule has 1 aliphatic carbocycles. The highest BCUT2D eigenvalue weighted by Crippen LogP contribution is 2.40. The number of carbonyl (C=O) groups excluding carboxylic acids is 1. The molecule has 3 aromatic rings. The number of esters is 1. The first kappa shape index (κ1) is 30.4. The lowest BCUT2D eigenvalue weighted by molar-refractivity contribution is 0.0725. The maximum atomic E-state index is 15.0. The van der Waals surface area contributed by atoms with Gasteiger partial charge in [0.05, 0.1) is 18.3 Å². The molecule has 0 radical (unpaired) electrons. The predicted molar refractivity (Wildman–Crippen MR) is 154 cm³/mol. The molecule has 4 nitrogen and oxygen atoms in total. The van der Waals surface area contributed by atoms with E-state index in [0.717, 1.165) is 38.5 Å². The maximum absolute atomic E-state index is 15.0. The summed E-state index contributed by atoms with van der Waals surface area (Å²) in [6, 6.07) is 13.4. The van der Waals surface area contributed by atoms with E-state index in [1.165, 1.54) is 30.3 Å². The predicted octanol–water partition coefficient (Wildman–Crippen LogP) is 8.77. The first-order valence-electron chi connectivity index (χ1n) is 14.3. The van der Waals surface area contributed by atoms with Gasteiger partial charge in [0.1, 0.15) is 11.6 Å². The number of unbranched alkanes of at least 4 members (excludes halogenated alkanes) is 1. The summed E-state index contributed by atoms with van der Waals surface area (Å²) in [6.45, 7) is 6.14. The van der Waals surface area contributed by atoms with Crippen molar-refractivity contribution in [2.75, 3.05) is 6.61 Å². The molecular formula is C34H37F3O4. The molecule has 1 unspecified atom stereocenters. The van der Waals surface area contributed by atoms with Crippen molar-refractivity contribution in [3.8, 4) is 22.6 Å². The fraction of sp³-hybridized carbons (Fsp3) is 0.382. The van der Waals surface area contributed by atoms with Gasteiger partial charge in [0.2, 0.25) is 5.82 Å². The van der Waals surface area contributed by atoms with Crippen LogP contribution in [0.25, 0.3) is 11.1 Å². The van der Waals surface area contributed by atoms with E-state index >= 15 is 4.39 Å². The molecule has 0 heterocycles. The highest BCUT2D eigenvalue weighted by molar-refractivity contribution is 5.91. The van der Waals surface area contributed by atoms with E-state index in [9.17, 15) is 18.7 Å². The Morgan fingerprint density at radius 1 is 1.02 bits per heavy atom. The number of aliphatic hydroxyl groups is 1. The number of allylic oxidation sites excluding steroid dienone is 1. The van der Waals surface area contributed by atoms with Crippen molar-refractivity contribution < 1.29 is 32.5 Å². The minimum Gasteiger partial charge on any atom is -0.493 e. The van der Waals surface area contributed by atoms with Crippen LogP contribution in [0.1, 0.15) is 80.1 Å². The Morgan fingerprint density at radius 2 is 1.76 bits per heavy atom. The van der Waals surface area contributed by atoms with Crippen LogP contribution < -0.4 is 9.47 Å². The number of rotatable bonds is 12. The highest BCUT2D eigenvalue weighted by atomic mass is 19.2. The average Bonchev–Trinajstić information content (AvgIpc) is 2.98. The van der Waals surface area contributed by atoms with Gasteiger partial charge in [0.15, 0.2) is 11.6 Å². The lowest BCUT2D eigenvalue weighted by atomic mass is 9.76. The number of ether oxygens (including phenoxy) is 2. The third-order valence-electron chi connectivity index (χ3n) is 7.81. The summed E-state index contributed by atoms with van der Waals surface area (Å²) in [7, 11) is 0. The van der Waals surface area contributed by atoms with E-state index in [4.69, 9.17) is 9.47 Å². The van der Waals surface area contributed by atoms with Gasteiger partial charge in [-0.05, 0) is 98.2 Å². The smallest absolute Gasteiger partial charge is 0.343 e. The first-order chi connectivity index (χ1) is 19.8. The zero-order valence-corrected chi connectivity index (χ0v) is 23.4. The lowest BCUT2D eigenvalue weighted by Crippen LogP contribution is -2.25. The van der Waals surface area contributed by atoms with E-state index in [1.54, 1.807) is 30.3 Å². The highest BCUT2D eigenvalue weighted by Gasteiger charge is 2.30. The zero-order valence-electron chi connectivity index (χ0n) is 23.4. The number of halogens is 3. The first-order valence-corrected chi connectivity index (χ1v) is 14.3. The second-order valence-corrected chi connectivity index (χ2v) is 10.6. The summed E-state index contributed by atoms with van der Waals surface area (Å²) in [5.41, 5.74) is 1.26. The van der Waals surface area contributed by atoms with Crippen molar-refractivity contribution in [1.82, 2.24) is 0 Å². The molecule has 0 aromatic heterocycles. The molecule has 1 aliphatic rings. The number of hydrogen-bond donors (Lipinski definition) is 1. The van der Waals surface area contributed by atoms with Gasteiger partial charge in [-0.25, -0.2) is 13.6 Å². The van der Waals surface area contributed by atoms with Gasteiger partial charge in [-0.15, -0.1) is 6.58 Å². The van der Waals surface area contributed by atoms with Gasteiger partial charge < -0.3 is 14.6 Å². The van der Waals surface area contributed by atoms with Crippen LogP contribution in [0.2, 0.25) is 0 Å². The SMILES string of the molecule is C=CCCCOc1ccc(-c2ccc(C(=O)Oc3ccc(C4CCC(C(O)CCC)CC4)c(F)c3F)cc2)c(F)c1. The fourth-order valence-electron chi connectivity index (χ4n) is 5.47. The number of carbonyl (C=O) groups is 1. The Bertz CT molecular complexity index is 1330. The molecule has 0 saturated heterocycles. The van der Waals surface area contributed by atoms with Crippen LogP contribution in [0.15, 0.2) is 67.3 Å². The standard InChI is InChI=1S/C34H37F3O4/c1-3-5-6-20-40-26-16-17-27(29(35)21-26)22-10-14-25(15-11-22)34(39)41-31-19-18-28(32(36)33(31)37)23-8-12-24(13-9-23)30(38)7-4-2/h3,10-11,14-19,21,23-24,30,38H,1,4-9,12-13,20H2,2H3. The van der Waals surface area contributed by atoms with Crippen molar-refractivity contribution in [2.45, 2.75) is 70.3 Å². The summed E-state index contributed by atoms with van der Waals surface area (Å²) in [5.74, 6) is -3.54. The topological polar surface area (TPSA) is 55.8 Å². The molecule has 218 valence electrons. The summed E-state index contributed by atoms with van der Waals surface area (Å²) in [6.07, 6.45) is 7.56. The number of aliphatic hydroxyl groups excluding tert-OH is 1. The molecule has 1 N–H and O–H groups in total. The van der Waals surface area contributed by atoms with Crippen molar-refractivity contribution in [2.24, 2.45) is 5.92 Å². The summed E-state index contributed by atoms with van der Waals surface area (Å²) in [5, 5.41) is 10.3. The molecule has 0 bridgehead atoms. The molecule has 7 heteroatoms. The molecule has 0 aliphatic heterocycles. The van der Waals surface area contributed by atoms with Gasteiger partial charge in [-0.2, -0.15) is 4.39 Å². The second kappa shape index (κ2) is 14.4. The van der Waals surface area contributed by atoms with Gasteiger partial charge in [-0.1, -0.05) is 37.6 Å². The Hall–Kier alpha value is -3.58. The molecule has 0 spiro atoms. The third-order valence-corrected chi connectivity index (χ3v) is 7.81. The van der Waals surface area contributed by atoms with Crippen LogP contribution >= 0.6 is 0 Å². The van der Waals surface area contributed by atoms with Gasteiger partial charge in [0, 0.05) is 11.6 Å². The summed E-state index contributed by atoms with van der Waals surface area (Å²) < 4.78 is 55.4. The van der Waals surface area contributed by atoms with Crippen molar-refractivity contribution in [1.29, 1.82) is 0 Å². The van der Waals surface area contributed by atoms with E-state index in [1.807, 2.05) is 6.92 Å². The minimum atomic E-state index is -1.20. The molecular weight excluding hydrogens is 529 g/mol. The van der Waals surface area contributed by atoms with Gasteiger partial charge in [0.25, 0.3) is 0 Å². The lowest BCUT2D eigenvalue weighted by Gasteiger charge is -2.32. The molecule has 4 rings (SSSR count). The van der Waals surface area contributed by atoms with E-state index < -0.39 is 29.2 Å².